The first kappa shape index (κ1) is 16.8. The highest BCUT2D eigenvalue weighted by molar-refractivity contribution is 5.97. The van der Waals surface area contributed by atoms with E-state index in [0.29, 0.717) is 37.3 Å². The molecular weight excluding hydrogens is 300 g/mol. The van der Waals surface area contributed by atoms with E-state index in [0.717, 1.165) is 0 Å². The van der Waals surface area contributed by atoms with Crippen LogP contribution in [0.4, 0.5) is 0 Å². The predicted octanol–water partition coefficient (Wildman–Crippen LogP) is 0.891. The first-order valence-electron chi connectivity index (χ1n) is 7.56. The quantitative estimate of drug-likeness (QED) is 0.811. The molecule has 7 nitrogen and oxygen atoms in total. The summed E-state index contributed by atoms with van der Waals surface area (Å²) in [6, 6.07) is 5.80. The van der Waals surface area contributed by atoms with Gasteiger partial charge >= 0.3 is 5.97 Å². The van der Waals surface area contributed by atoms with E-state index in [1.54, 1.807) is 24.3 Å². The third kappa shape index (κ3) is 4.21. The summed E-state index contributed by atoms with van der Waals surface area (Å²) in [4.78, 5) is 36.4. The number of carboxylic acids is 1. The smallest absolute Gasteiger partial charge is 0.326 e. The second-order valence-electron chi connectivity index (χ2n) is 5.22. The number of aliphatic carboxylic acids is 1. The molecule has 1 aliphatic rings. The molecule has 0 radical (unpaired) electrons. The van der Waals surface area contributed by atoms with Crippen LogP contribution in [0.15, 0.2) is 24.3 Å². The van der Waals surface area contributed by atoms with E-state index in [4.69, 9.17) is 9.84 Å². The summed E-state index contributed by atoms with van der Waals surface area (Å²) >= 11 is 0. The number of amides is 2. The minimum atomic E-state index is -1.01. The topological polar surface area (TPSA) is 95.9 Å². The lowest BCUT2D eigenvalue weighted by Gasteiger charge is -2.21. The number of rotatable bonds is 6. The second-order valence-corrected chi connectivity index (χ2v) is 5.22. The van der Waals surface area contributed by atoms with Crippen molar-refractivity contribution in [2.75, 3.05) is 19.7 Å². The molecule has 23 heavy (non-hydrogen) atoms. The maximum atomic E-state index is 12.1. The first-order chi connectivity index (χ1) is 11.0. The average molecular weight is 320 g/mol. The van der Waals surface area contributed by atoms with Crippen molar-refractivity contribution in [1.29, 1.82) is 0 Å². The van der Waals surface area contributed by atoms with Gasteiger partial charge in [-0.25, -0.2) is 4.79 Å². The Morgan fingerprint density at radius 2 is 2.00 bits per heavy atom. The molecule has 1 atom stereocenters. The Kier molecular flexibility index (Phi) is 5.56. The fourth-order valence-corrected chi connectivity index (χ4v) is 2.55. The lowest BCUT2D eigenvalue weighted by Crippen LogP contribution is -2.45. The van der Waals surface area contributed by atoms with Crippen molar-refractivity contribution in [2.45, 2.75) is 25.8 Å². The number of benzene rings is 1. The largest absolute Gasteiger partial charge is 0.494 e. The molecule has 2 rings (SSSR count). The first-order valence-corrected chi connectivity index (χ1v) is 7.56. The monoisotopic (exact) mass is 320 g/mol. The Morgan fingerprint density at radius 1 is 1.30 bits per heavy atom. The van der Waals surface area contributed by atoms with Crippen LogP contribution in [0.2, 0.25) is 0 Å². The molecule has 2 amide bonds. The van der Waals surface area contributed by atoms with Crippen molar-refractivity contribution in [1.82, 2.24) is 10.2 Å². The molecule has 1 aliphatic heterocycles. The number of hydrogen-bond acceptors (Lipinski definition) is 4. The van der Waals surface area contributed by atoms with E-state index >= 15 is 0 Å². The van der Waals surface area contributed by atoms with Gasteiger partial charge in [-0.2, -0.15) is 0 Å². The number of likely N-dealkylation sites (tertiary alicyclic amines) is 1. The maximum absolute atomic E-state index is 12.1. The maximum Gasteiger partial charge on any atom is 0.326 e. The molecule has 1 saturated heterocycles. The number of nitrogens with zero attached hydrogens (tertiary/aromatic N) is 1. The third-order valence-corrected chi connectivity index (χ3v) is 3.69. The van der Waals surface area contributed by atoms with Gasteiger partial charge in [-0.3, -0.25) is 9.59 Å². The highest BCUT2D eigenvalue weighted by Crippen LogP contribution is 2.17. The zero-order valence-corrected chi connectivity index (χ0v) is 12.9. The Hall–Kier alpha value is -2.57. The van der Waals surface area contributed by atoms with Crippen molar-refractivity contribution < 1.29 is 24.2 Å². The van der Waals surface area contributed by atoms with Crippen LogP contribution in [0, 0.1) is 0 Å². The molecule has 0 saturated carbocycles. The van der Waals surface area contributed by atoms with Gasteiger partial charge in [0, 0.05) is 12.1 Å². The summed E-state index contributed by atoms with van der Waals surface area (Å²) < 4.78 is 5.29. The number of carboxylic acid groups (broad SMARTS) is 1. The normalized spacial score (nSPS) is 16.9. The summed E-state index contributed by atoms with van der Waals surface area (Å²) in [6.07, 6.45) is 1.11. The number of nitrogens with one attached hydrogen (secondary N) is 1. The molecule has 0 aromatic heterocycles. The number of ether oxygens (including phenoxy) is 1. The van der Waals surface area contributed by atoms with E-state index in [1.165, 1.54) is 4.90 Å². The lowest BCUT2D eigenvalue weighted by molar-refractivity contribution is -0.147. The van der Waals surface area contributed by atoms with Gasteiger partial charge in [0.15, 0.2) is 0 Å². The SMILES string of the molecule is CCOc1ccc(C(=O)NCC(=O)N2CCC[C@H]2C(=O)O)cc1. The van der Waals surface area contributed by atoms with Crippen LogP contribution in [0.1, 0.15) is 30.1 Å². The van der Waals surface area contributed by atoms with Crippen molar-refractivity contribution in [3.63, 3.8) is 0 Å². The van der Waals surface area contributed by atoms with Gasteiger partial charge in [0.05, 0.1) is 13.2 Å². The van der Waals surface area contributed by atoms with Crippen LogP contribution >= 0.6 is 0 Å². The standard InChI is InChI=1S/C16H20N2O5/c1-2-23-12-7-5-11(6-8-12)15(20)17-10-14(19)18-9-3-4-13(18)16(21)22/h5-8,13H,2-4,9-10H2,1H3,(H,17,20)(H,21,22)/t13-/m0/s1. The van der Waals surface area contributed by atoms with Gasteiger partial charge in [0.1, 0.15) is 11.8 Å². The summed E-state index contributed by atoms with van der Waals surface area (Å²) in [5, 5.41) is 11.6. The molecule has 1 aromatic rings. The number of carbonyl (C=O) groups is 3. The molecule has 2 N–H and O–H groups in total. The van der Waals surface area contributed by atoms with Gasteiger partial charge in [-0.1, -0.05) is 0 Å². The van der Waals surface area contributed by atoms with Crippen LogP contribution in [-0.4, -0.2) is 53.5 Å². The van der Waals surface area contributed by atoms with Gasteiger partial charge in [-0.15, -0.1) is 0 Å². The van der Waals surface area contributed by atoms with E-state index in [-0.39, 0.29) is 18.4 Å². The Labute approximate surface area is 134 Å². The van der Waals surface area contributed by atoms with Crippen molar-refractivity contribution in [3.05, 3.63) is 29.8 Å². The molecule has 0 unspecified atom stereocenters. The number of carbonyl (C=O) groups excluding carboxylic acids is 2. The summed E-state index contributed by atoms with van der Waals surface area (Å²) in [7, 11) is 0. The number of hydrogen-bond donors (Lipinski definition) is 2. The van der Waals surface area contributed by atoms with E-state index in [1.807, 2.05) is 6.92 Å². The van der Waals surface area contributed by atoms with Gasteiger partial charge in [0.2, 0.25) is 5.91 Å². The van der Waals surface area contributed by atoms with Gasteiger partial charge < -0.3 is 20.1 Å². The minimum absolute atomic E-state index is 0.212. The highest BCUT2D eigenvalue weighted by atomic mass is 16.5. The molecule has 124 valence electrons. The average Bonchev–Trinajstić information content (AvgIpc) is 3.03. The Balaban J connectivity index is 1.88. The van der Waals surface area contributed by atoms with E-state index < -0.39 is 12.0 Å². The molecule has 1 aromatic carbocycles. The zero-order chi connectivity index (χ0) is 16.8. The van der Waals surface area contributed by atoms with Crippen molar-refractivity contribution >= 4 is 17.8 Å². The Morgan fingerprint density at radius 3 is 2.61 bits per heavy atom. The molecule has 1 heterocycles. The van der Waals surface area contributed by atoms with Crippen LogP contribution in [0.3, 0.4) is 0 Å². The minimum Gasteiger partial charge on any atom is -0.494 e. The van der Waals surface area contributed by atoms with Crippen molar-refractivity contribution in [3.8, 4) is 5.75 Å². The third-order valence-electron chi connectivity index (χ3n) is 3.69. The molecule has 0 aliphatic carbocycles. The van der Waals surface area contributed by atoms with Crippen LogP contribution in [-0.2, 0) is 9.59 Å². The zero-order valence-electron chi connectivity index (χ0n) is 12.9. The van der Waals surface area contributed by atoms with Gasteiger partial charge in [-0.05, 0) is 44.0 Å². The molecular formula is C16H20N2O5. The lowest BCUT2D eigenvalue weighted by atomic mass is 10.2. The molecule has 7 heteroatoms. The van der Waals surface area contributed by atoms with Crippen LogP contribution < -0.4 is 10.1 Å². The second kappa shape index (κ2) is 7.62. The van der Waals surface area contributed by atoms with E-state index in [2.05, 4.69) is 5.32 Å². The highest BCUT2D eigenvalue weighted by Gasteiger charge is 2.33. The van der Waals surface area contributed by atoms with E-state index in [9.17, 15) is 14.4 Å². The molecule has 1 fully saturated rings. The summed E-state index contributed by atoms with van der Waals surface area (Å²) in [5.41, 5.74) is 0.414. The molecule has 0 bridgehead atoms. The van der Waals surface area contributed by atoms with Crippen molar-refractivity contribution in [2.24, 2.45) is 0 Å². The molecule has 0 spiro atoms. The van der Waals surface area contributed by atoms with Gasteiger partial charge in [0.25, 0.3) is 5.91 Å². The van der Waals surface area contributed by atoms with Crippen LogP contribution in [0.25, 0.3) is 0 Å². The predicted molar refractivity (Wildman–Crippen MR) is 82.3 cm³/mol. The summed E-state index contributed by atoms with van der Waals surface area (Å²) in [5.74, 6) is -1.10. The Bertz CT molecular complexity index is 585. The fourth-order valence-electron chi connectivity index (χ4n) is 2.55. The fraction of sp³-hybridized carbons (Fsp3) is 0.438. The summed E-state index contributed by atoms with van der Waals surface area (Å²) in [6.45, 7) is 2.61. The van der Waals surface area contributed by atoms with Crippen LogP contribution in [0.5, 0.6) is 5.75 Å².